The maximum absolute atomic E-state index is 5.99. The van der Waals surface area contributed by atoms with Gasteiger partial charge in [0.25, 0.3) is 0 Å². The van der Waals surface area contributed by atoms with Gasteiger partial charge in [-0.05, 0) is 68.6 Å². The van der Waals surface area contributed by atoms with Crippen LogP contribution in [-0.2, 0) is 12.8 Å². The minimum atomic E-state index is 0.410. The molecule has 3 atom stereocenters. The number of nitrogens with one attached hydrogen (secondary N) is 1. The van der Waals surface area contributed by atoms with Crippen LogP contribution >= 0.6 is 0 Å². The SMILES string of the molecule is CC(NC1CCC(N)C1)c1ccc2c(c1)CCCC2. The third-order valence-corrected chi connectivity index (χ3v) is 4.83. The van der Waals surface area contributed by atoms with Crippen LogP contribution in [0, 0.1) is 0 Å². The van der Waals surface area contributed by atoms with Crippen LogP contribution in [0.25, 0.3) is 0 Å². The van der Waals surface area contributed by atoms with E-state index in [1.54, 1.807) is 11.1 Å². The fourth-order valence-corrected chi connectivity index (χ4v) is 3.64. The number of nitrogens with two attached hydrogens (primary N) is 1. The Bertz CT molecular complexity index is 441. The van der Waals surface area contributed by atoms with E-state index in [1.165, 1.54) is 44.1 Å². The second-order valence-electron chi connectivity index (χ2n) is 6.39. The van der Waals surface area contributed by atoms with Crippen molar-refractivity contribution in [3.63, 3.8) is 0 Å². The first-order valence-corrected chi connectivity index (χ1v) is 7.85. The van der Waals surface area contributed by atoms with Gasteiger partial charge in [0.2, 0.25) is 0 Å². The molecular formula is C17H26N2. The molecule has 0 saturated heterocycles. The smallest absolute Gasteiger partial charge is 0.0294 e. The summed E-state index contributed by atoms with van der Waals surface area (Å²) in [6.07, 6.45) is 8.80. The van der Waals surface area contributed by atoms with Crippen molar-refractivity contribution >= 4 is 0 Å². The Morgan fingerprint density at radius 3 is 2.68 bits per heavy atom. The maximum atomic E-state index is 5.99. The first-order chi connectivity index (χ1) is 9.22. The summed E-state index contributed by atoms with van der Waals surface area (Å²) < 4.78 is 0. The van der Waals surface area contributed by atoms with Gasteiger partial charge >= 0.3 is 0 Å². The number of hydrogen-bond acceptors (Lipinski definition) is 2. The van der Waals surface area contributed by atoms with Gasteiger partial charge in [0.15, 0.2) is 0 Å². The van der Waals surface area contributed by atoms with Crippen LogP contribution in [0.4, 0.5) is 0 Å². The maximum Gasteiger partial charge on any atom is 0.0294 e. The van der Waals surface area contributed by atoms with Gasteiger partial charge in [-0.3, -0.25) is 0 Å². The molecule has 0 radical (unpaired) electrons. The van der Waals surface area contributed by atoms with Crippen molar-refractivity contribution in [2.24, 2.45) is 5.73 Å². The van der Waals surface area contributed by atoms with Crippen molar-refractivity contribution in [1.82, 2.24) is 5.32 Å². The van der Waals surface area contributed by atoms with Crippen LogP contribution in [-0.4, -0.2) is 12.1 Å². The number of aryl methyl sites for hydroxylation is 2. The number of fused-ring (bicyclic) bond motifs is 1. The summed E-state index contributed by atoms with van der Waals surface area (Å²) in [5.74, 6) is 0. The van der Waals surface area contributed by atoms with Crippen molar-refractivity contribution in [2.45, 2.75) is 70.0 Å². The van der Waals surface area contributed by atoms with Crippen molar-refractivity contribution in [1.29, 1.82) is 0 Å². The van der Waals surface area contributed by atoms with E-state index < -0.39 is 0 Å². The molecule has 0 aliphatic heterocycles. The van der Waals surface area contributed by atoms with Gasteiger partial charge in [-0.15, -0.1) is 0 Å². The molecule has 3 N–H and O–H groups in total. The van der Waals surface area contributed by atoms with Crippen molar-refractivity contribution in [3.8, 4) is 0 Å². The molecule has 1 saturated carbocycles. The molecule has 0 heterocycles. The molecule has 2 aliphatic rings. The van der Waals surface area contributed by atoms with E-state index >= 15 is 0 Å². The van der Waals surface area contributed by atoms with E-state index in [0.29, 0.717) is 18.1 Å². The Morgan fingerprint density at radius 2 is 1.95 bits per heavy atom. The summed E-state index contributed by atoms with van der Waals surface area (Å²) in [5, 5.41) is 3.75. The van der Waals surface area contributed by atoms with Crippen molar-refractivity contribution in [2.75, 3.05) is 0 Å². The minimum Gasteiger partial charge on any atom is -0.328 e. The lowest BCUT2D eigenvalue weighted by molar-refractivity contribution is 0.456. The molecule has 2 nitrogen and oxygen atoms in total. The van der Waals surface area contributed by atoms with E-state index in [2.05, 4.69) is 30.4 Å². The van der Waals surface area contributed by atoms with Crippen LogP contribution < -0.4 is 11.1 Å². The summed E-state index contributed by atoms with van der Waals surface area (Å²) in [7, 11) is 0. The first-order valence-electron chi connectivity index (χ1n) is 7.85. The zero-order valence-electron chi connectivity index (χ0n) is 12.0. The van der Waals surface area contributed by atoms with Gasteiger partial charge in [0.05, 0.1) is 0 Å². The normalized spacial score (nSPS) is 28.1. The molecular weight excluding hydrogens is 232 g/mol. The van der Waals surface area contributed by atoms with E-state index in [1.807, 2.05) is 0 Å². The third-order valence-electron chi connectivity index (χ3n) is 4.83. The Labute approximate surface area is 116 Å². The molecule has 0 amide bonds. The Hall–Kier alpha value is -0.860. The molecule has 0 aromatic heterocycles. The summed E-state index contributed by atoms with van der Waals surface area (Å²) >= 11 is 0. The van der Waals surface area contributed by atoms with E-state index in [4.69, 9.17) is 5.73 Å². The monoisotopic (exact) mass is 258 g/mol. The van der Waals surface area contributed by atoms with E-state index in [9.17, 15) is 0 Å². The summed E-state index contributed by atoms with van der Waals surface area (Å²) in [5.41, 5.74) is 10.6. The van der Waals surface area contributed by atoms with Gasteiger partial charge in [0.1, 0.15) is 0 Å². The standard InChI is InChI=1S/C17H26N2/c1-12(19-17-9-8-16(18)11-17)14-7-6-13-4-2-3-5-15(13)10-14/h6-7,10,12,16-17,19H,2-5,8-9,11,18H2,1H3. The predicted octanol–water partition coefficient (Wildman–Crippen LogP) is 3.10. The fourth-order valence-electron chi connectivity index (χ4n) is 3.64. The fraction of sp³-hybridized carbons (Fsp3) is 0.647. The average molecular weight is 258 g/mol. The van der Waals surface area contributed by atoms with Crippen LogP contribution in [0.1, 0.15) is 61.8 Å². The molecule has 1 aromatic carbocycles. The van der Waals surface area contributed by atoms with Crippen LogP contribution in [0.5, 0.6) is 0 Å². The van der Waals surface area contributed by atoms with E-state index in [0.717, 1.165) is 6.42 Å². The molecule has 0 spiro atoms. The highest BCUT2D eigenvalue weighted by molar-refractivity contribution is 5.35. The minimum absolute atomic E-state index is 0.410. The van der Waals surface area contributed by atoms with Crippen LogP contribution in [0.3, 0.4) is 0 Å². The zero-order chi connectivity index (χ0) is 13.2. The Balaban J connectivity index is 1.67. The highest BCUT2D eigenvalue weighted by atomic mass is 15.0. The van der Waals surface area contributed by atoms with Crippen LogP contribution in [0.15, 0.2) is 18.2 Å². The van der Waals surface area contributed by atoms with Crippen LogP contribution in [0.2, 0.25) is 0 Å². The third kappa shape index (κ3) is 3.01. The van der Waals surface area contributed by atoms with Crippen molar-refractivity contribution < 1.29 is 0 Å². The number of benzene rings is 1. The molecule has 1 aromatic rings. The molecule has 0 bridgehead atoms. The predicted molar refractivity (Wildman–Crippen MR) is 80.2 cm³/mol. The number of hydrogen-bond donors (Lipinski definition) is 2. The molecule has 3 unspecified atom stereocenters. The van der Waals surface area contributed by atoms with Crippen molar-refractivity contribution in [3.05, 3.63) is 34.9 Å². The molecule has 2 heteroatoms. The average Bonchev–Trinajstić information content (AvgIpc) is 2.83. The van der Waals surface area contributed by atoms with Gasteiger partial charge in [-0.1, -0.05) is 18.2 Å². The largest absolute Gasteiger partial charge is 0.328 e. The van der Waals surface area contributed by atoms with Gasteiger partial charge < -0.3 is 11.1 Å². The summed E-state index contributed by atoms with van der Waals surface area (Å²) in [4.78, 5) is 0. The summed E-state index contributed by atoms with van der Waals surface area (Å²) in [6, 6.07) is 8.57. The van der Waals surface area contributed by atoms with Gasteiger partial charge in [-0.25, -0.2) is 0 Å². The zero-order valence-corrected chi connectivity index (χ0v) is 12.0. The number of rotatable bonds is 3. The molecule has 2 aliphatic carbocycles. The molecule has 1 fully saturated rings. The lowest BCUT2D eigenvalue weighted by Gasteiger charge is -2.22. The lowest BCUT2D eigenvalue weighted by Crippen LogP contribution is -2.31. The molecule has 104 valence electrons. The van der Waals surface area contributed by atoms with E-state index in [-0.39, 0.29) is 0 Å². The second-order valence-corrected chi connectivity index (χ2v) is 6.39. The quantitative estimate of drug-likeness (QED) is 0.874. The summed E-state index contributed by atoms with van der Waals surface area (Å²) in [6.45, 7) is 2.29. The van der Waals surface area contributed by atoms with Gasteiger partial charge in [-0.2, -0.15) is 0 Å². The highest BCUT2D eigenvalue weighted by Crippen LogP contribution is 2.26. The Kier molecular flexibility index (Phi) is 3.90. The second kappa shape index (κ2) is 5.64. The van der Waals surface area contributed by atoms with Gasteiger partial charge in [0, 0.05) is 18.1 Å². The highest BCUT2D eigenvalue weighted by Gasteiger charge is 2.23. The topological polar surface area (TPSA) is 38.0 Å². The first kappa shape index (κ1) is 13.1. The molecule has 3 rings (SSSR count). The molecule has 19 heavy (non-hydrogen) atoms. The lowest BCUT2D eigenvalue weighted by atomic mass is 9.89. The Morgan fingerprint density at radius 1 is 1.16 bits per heavy atom.